The van der Waals surface area contributed by atoms with Crippen LogP contribution in [-0.4, -0.2) is 22.0 Å². The minimum absolute atomic E-state index is 0.0807. The molecule has 5 atom stereocenters. The first-order chi connectivity index (χ1) is 9.93. The lowest BCUT2D eigenvalue weighted by atomic mass is 9.80. The average molecular weight is 348 g/mol. The molecule has 1 saturated carbocycles. The third-order valence-electron chi connectivity index (χ3n) is 4.21. The highest BCUT2D eigenvalue weighted by Gasteiger charge is 2.38. The molecule has 1 aromatic carbocycles. The lowest BCUT2D eigenvalue weighted by Gasteiger charge is -2.39. The Labute approximate surface area is 140 Å². The first-order valence-electron chi connectivity index (χ1n) is 7.53. The second-order valence-corrected chi connectivity index (χ2v) is 8.48. The van der Waals surface area contributed by atoms with E-state index < -0.39 is 10.8 Å². The smallest absolute Gasteiger partial charge is 0.0595 e. The van der Waals surface area contributed by atoms with Crippen LogP contribution in [0.4, 0.5) is 0 Å². The van der Waals surface area contributed by atoms with E-state index >= 15 is 0 Å². The van der Waals surface area contributed by atoms with Gasteiger partial charge in [-0.2, -0.15) is 0 Å². The number of benzene rings is 1. The predicted octanol–water partition coefficient (Wildman–Crippen LogP) is 4.51. The first kappa shape index (κ1) is 17.3. The molecule has 0 spiro atoms. The van der Waals surface area contributed by atoms with Crippen molar-refractivity contribution in [1.82, 2.24) is 5.32 Å². The maximum atomic E-state index is 13.1. The van der Waals surface area contributed by atoms with Gasteiger partial charge in [0.25, 0.3) is 0 Å². The molecule has 2 rings (SSSR count). The summed E-state index contributed by atoms with van der Waals surface area (Å²) in [5.74, 6) is 1.06. The van der Waals surface area contributed by atoms with E-state index in [2.05, 4.69) is 26.1 Å². The van der Waals surface area contributed by atoms with Crippen molar-refractivity contribution in [3.63, 3.8) is 0 Å². The minimum Gasteiger partial charge on any atom is -0.313 e. The molecule has 0 aliphatic heterocycles. The summed E-state index contributed by atoms with van der Waals surface area (Å²) in [7, 11) is -1.15. The highest BCUT2D eigenvalue weighted by Crippen LogP contribution is 2.36. The molecule has 2 nitrogen and oxygen atoms in total. The summed E-state index contributed by atoms with van der Waals surface area (Å²) in [6, 6.07) is 5.48. The predicted molar refractivity (Wildman–Crippen MR) is 91.7 cm³/mol. The Morgan fingerprint density at radius 3 is 2.67 bits per heavy atom. The Hall–Kier alpha value is -0.0900. The van der Waals surface area contributed by atoms with E-state index in [1.807, 2.05) is 0 Å². The molecule has 5 unspecified atom stereocenters. The van der Waals surface area contributed by atoms with Gasteiger partial charge in [-0.15, -0.1) is 0 Å². The minimum atomic E-state index is -1.15. The Bertz CT molecular complexity index is 523. The largest absolute Gasteiger partial charge is 0.313 e. The molecule has 0 heterocycles. The van der Waals surface area contributed by atoms with E-state index in [-0.39, 0.29) is 11.3 Å². The van der Waals surface area contributed by atoms with Gasteiger partial charge in [-0.25, -0.2) is 0 Å². The van der Waals surface area contributed by atoms with Crippen molar-refractivity contribution in [3.8, 4) is 0 Å². The van der Waals surface area contributed by atoms with Gasteiger partial charge in [0.05, 0.1) is 26.0 Å². The fourth-order valence-electron chi connectivity index (χ4n) is 3.43. The Morgan fingerprint density at radius 1 is 1.29 bits per heavy atom. The van der Waals surface area contributed by atoms with E-state index in [1.165, 1.54) is 0 Å². The molecule has 1 aliphatic rings. The van der Waals surface area contributed by atoms with Crippen LogP contribution in [0.15, 0.2) is 23.1 Å². The molecule has 0 amide bonds. The topological polar surface area (TPSA) is 29.1 Å². The maximum absolute atomic E-state index is 13.1. The summed E-state index contributed by atoms with van der Waals surface area (Å²) in [4.78, 5) is 0.665. The molecular weight excluding hydrogens is 325 g/mol. The zero-order valence-electron chi connectivity index (χ0n) is 12.7. The molecule has 1 N–H and O–H groups in total. The van der Waals surface area contributed by atoms with E-state index in [0.717, 1.165) is 19.4 Å². The first-order valence-corrected chi connectivity index (χ1v) is 9.50. The van der Waals surface area contributed by atoms with Crippen molar-refractivity contribution in [1.29, 1.82) is 0 Å². The Balaban J connectivity index is 2.31. The average Bonchev–Trinajstić information content (AvgIpc) is 2.41. The van der Waals surface area contributed by atoms with Gasteiger partial charge in [0.2, 0.25) is 0 Å². The molecule has 1 aliphatic carbocycles. The maximum Gasteiger partial charge on any atom is 0.0595 e. The van der Waals surface area contributed by atoms with Gasteiger partial charge in [0.15, 0.2) is 0 Å². The number of hydrogen-bond donors (Lipinski definition) is 1. The number of halogens is 2. The van der Waals surface area contributed by atoms with Crippen molar-refractivity contribution >= 4 is 34.0 Å². The zero-order chi connectivity index (χ0) is 15.6. The van der Waals surface area contributed by atoms with Crippen molar-refractivity contribution in [2.45, 2.75) is 49.8 Å². The van der Waals surface area contributed by atoms with Crippen LogP contribution in [0.5, 0.6) is 0 Å². The van der Waals surface area contributed by atoms with Crippen LogP contribution in [0.2, 0.25) is 10.0 Å². The van der Waals surface area contributed by atoms with Crippen LogP contribution < -0.4 is 5.32 Å². The Kier molecular flexibility index (Phi) is 6.13. The summed E-state index contributed by atoms with van der Waals surface area (Å²) in [5.41, 5.74) is 0. The van der Waals surface area contributed by atoms with Crippen LogP contribution in [0, 0.1) is 11.8 Å². The normalized spacial score (nSPS) is 31.1. The fraction of sp³-hybridized carbons (Fsp3) is 0.625. The SMILES string of the molecule is CCNC1CC(C)CC(C)C1S(=O)c1cc(Cl)ccc1Cl. The lowest BCUT2D eigenvalue weighted by molar-refractivity contribution is 0.248. The molecule has 0 aromatic heterocycles. The molecule has 0 radical (unpaired) electrons. The molecule has 5 heteroatoms. The molecule has 1 fully saturated rings. The highest BCUT2D eigenvalue weighted by atomic mass is 35.5. The third kappa shape index (κ3) is 4.01. The van der Waals surface area contributed by atoms with Crippen LogP contribution in [0.1, 0.15) is 33.6 Å². The van der Waals surface area contributed by atoms with Gasteiger partial charge in [-0.05, 0) is 49.4 Å². The van der Waals surface area contributed by atoms with Gasteiger partial charge in [0, 0.05) is 11.1 Å². The number of nitrogens with one attached hydrogen (secondary N) is 1. The zero-order valence-corrected chi connectivity index (χ0v) is 15.1. The van der Waals surface area contributed by atoms with E-state index in [0.29, 0.717) is 26.8 Å². The van der Waals surface area contributed by atoms with E-state index in [1.54, 1.807) is 18.2 Å². The van der Waals surface area contributed by atoms with E-state index in [4.69, 9.17) is 23.2 Å². The lowest BCUT2D eigenvalue weighted by Crippen LogP contribution is -2.50. The van der Waals surface area contributed by atoms with Gasteiger partial charge in [0.1, 0.15) is 0 Å². The summed E-state index contributed by atoms with van der Waals surface area (Å²) in [6.45, 7) is 7.45. The molecule has 118 valence electrons. The van der Waals surface area contributed by atoms with Crippen LogP contribution in [0.3, 0.4) is 0 Å². The van der Waals surface area contributed by atoms with Crippen molar-refractivity contribution < 1.29 is 4.21 Å². The van der Waals surface area contributed by atoms with E-state index in [9.17, 15) is 4.21 Å². The van der Waals surface area contributed by atoms with Crippen LogP contribution in [-0.2, 0) is 10.8 Å². The molecular formula is C16H23Cl2NOS. The fourth-order valence-corrected chi connectivity index (χ4v) is 5.85. The van der Waals surface area contributed by atoms with Crippen LogP contribution in [0.25, 0.3) is 0 Å². The number of hydrogen-bond acceptors (Lipinski definition) is 2. The summed E-state index contributed by atoms with van der Waals surface area (Å²) < 4.78 is 13.1. The highest BCUT2D eigenvalue weighted by molar-refractivity contribution is 7.86. The summed E-state index contributed by atoms with van der Waals surface area (Å²) >= 11 is 12.3. The molecule has 1 aromatic rings. The number of rotatable bonds is 4. The second-order valence-electron chi connectivity index (χ2n) is 6.05. The van der Waals surface area contributed by atoms with Gasteiger partial charge in [-0.3, -0.25) is 4.21 Å². The quantitative estimate of drug-likeness (QED) is 0.867. The summed E-state index contributed by atoms with van der Waals surface area (Å²) in [5, 5.41) is 4.72. The monoisotopic (exact) mass is 347 g/mol. The second kappa shape index (κ2) is 7.45. The standard InChI is InChI=1S/C16H23Cl2NOS/c1-4-19-14-8-10(2)7-11(3)16(14)21(20)15-9-12(17)5-6-13(15)18/h5-6,9-11,14,16,19H,4,7-8H2,1-3H3. The van der Waals surface area contributed by atoms with Crippen LogP contribution >= 0.6 is 23.2 Å². The van der Waals surface area contributed by atoms with Gasteiger partial charge < -0.3 is 5.32 Å². The Morgan fingerprint density at radius 2 is 2.00 bits per heavy atom. The molecule has 0 bridgehead atoms. The van der Waals surface area contributed by atoms with Gasteiger partial charge in [-0.1, -0.05) is 44.0 Å². The molecule has 0 saturated heterocycles. The van der Waals surface area contributed by atoms with Crippen molar-refractivity contribution in [3.05, 3.63) is 28.2 Å². The van der Waals surface area contributed by atoms with Crippen molar-refractivity contribution in [2.75, 3.05) is 6.54 Å². The summed E-state index contributed by atoms with van der Waals surface area (Å²) in [6.07, 6.45) is 2.17. The van der Waals surface area contributed by atoms with Gasteiger partial charge >= 0.3 is 0 Å². The molecule has 21 heavy (non-hydrogen) atoms. The third-order valence-corrected chi connectivity index (χ3v) is 6.95. The van der Waals surface area contributed by atoms with Crippen molar-refractivity contribution in [2.24, 2.45) is 11.8 Å².